The number of carbonyl (C=O) groups excluding carboxylic acids is 1. The van der Waals surface area contributed by atoms with Crippen LogP contribution in [-0.2, 0) is 4.79 Å². The predicted octanol–water partition coefficient (Wildman–Crippen LogP) is 4.60. The third-order valence-electron chi connectivity index (χ3n) is 3.82. The highest BCUT2D eigenvalue weighted by Gasteiger charge is 2.13. The van der Waals surface area contributed by atoms with Crippen molar-refractivity contribution in [3.05, 3.63) is 65.5 Å². The van der Waals surface area contributed by atoms with Crippen molar-refractivity contribution >= 4 is 34.1 Å². The van der Waals surface area contributed by atoms with Gasteiger partial charge >= 0.3 is 0 Å². The number of amides is 1. The summed E-state index contributed by atoms with van der Waals surface area (Å²) in [6, 6.07) is 12.2. The summed E-state index contributed by atoms with van der Waals surface area (Å²) in [7, 11) is 0. The number of hydrogen-bond acceptors (Lipinski definition) is 6. The van der Waals surface area contributed by atoms with Crippen LogP contribution in [0.25, 0.3) is 22.6 Å². The van der Waals surface area contributed by atoms with E-state index in [1.54, 1.807) is 35.7 Å². The molecule has 4 aromatic rings. The number of thioether (sulfide) groups is 1. The van der Waals surface area contributed by atoms with Gasteiger partial charge in [-0.2, -0.15) is 0 Å². The maximum absolute atomic E-state index is 13.8. The zero-order chi connectivity index (χ0) is 20.2. The molecule has 0 bridgehead atoms. The first-order valence-corrected chi connectivity index (χ1v) is 10.3. The highest BCUT2D eigenvalue weighted by atomic mass is 32.2. The van der Waals surface area contributed by atoms with Crippen molar-refractivity contribution in [2.75, 3.05) is 11.1 Å². The molecule has 29 heavy (non-hydrogen) atoms. The van der Waals surface area contributed by atoms with E-state index in [0.29, 0.717) is 27.4 Å². The first kappa shape index (κ1) is 19.2. The Bertz CT molecular complexity index is 1140. The third-order valence-corrected chi connectivity index (χ3v) is 5.42. The van der Waals surface area contributed by atoms with Gasteiger partial charge in [0.2, 0.25) is 11.1 Å². The molecular weight excluding hydrogens is 416 g/mol. The van der Waals surface area contributed by atoms with E-state index in [9.17, 15) is 13.6 Å². The van der Waals surface area contributed by atoms with Crippen LogP contribution >= 0.6 is 23.1 Å². The standard InChI is InChI=1S/C19H13F2N5OS2/c20-12-7-5-11(6-8-12)15-9-28-18(22-15)23-16(27)10-29-19-24-17(25-26-19)13-3-1-2-4-14(13)21/h1-9H,10H2,(H,22,23,27)(H,24,25,26). The van der Waals surface area contributed by atoms with E-state index in [2.05, 4.69) is 25.5 Å². The molecule has 146 valence electrons. The minimum Gasteiger partial charge on any atom is -0.301 e. The third kappa shape index (κ3) is 4.66. The van der Waals surface area contributed by atoms with E-state index < -0.39 is 5.82 Å². The lowest BCUT2D eigenvalue weighted by atomic mass is 10.2. The molecule has 2 aromatic carbocycles. The monoisotopic (exact) mass is 429 g/mol. The summed E-state index contributed by atoms with van der Waals surface area (Å²) in [5.74, 6) is -0.625. The highest BCUT2D eigenvalue weighted by molar-refractivity contribution is 7.99. The van der Waals surface area contributed by atoms with Gasteiger partial charge in [-0.3, -0.25) is 9.89 Å². The molecule has 4 rings (SSSR count). The van der Waals surface area contributed by atoms with Crippen LogP contribution in [0.1, 0.15) is 0 Å². The maximum atomic E-state index is 13.8. The summed E-state index contributed by atoms with van der Waals surface area (Å²) in [6.07, 6.45) is 0. The Kier molecular flexibility index (Phi) is 5.63. The van der Waals surface area contributed by atoms with Gasteiger partial charge in [-0.05, 0) is 36.4 Å². The van der Waals surface area contributed by atoms with Gasteiger partial charge in [-0.15, -0.1) is 16.4 Å². The fourth-order valence-electron chi connectivity index (χ4n) is 2.45. The number of halogens is 2. The molecule has 0 aliphatic rings. The van der Waals surface area contributed by atoms with Crippen molar-refractivity contribution in [3.63, 3.8) is 0 Å². The lowest BCUT2D eigenvalue weighted by Gasteiger charge is -2.00. The molecule has 2 N–H and O–H groups in total. The van der Waals surface area contributed by atoms with Gasteiger partial charge in [0.05, 0.1) is 17.0 Å². The summed E-state index contributed by atoms with van der Waals surface area (Å²) in [5.41, 5.74) is 1.73. The van der Waals surface area contributed by atoms with Crippen molar-refractivity contribution in [1.29, 1.82) is 0 Å². The Hall–Kier alpha value is -3.11. The molecule has 0 unspecified atom stereocenters. The molecule has 0 saturated heterocycles. The fraction of sp³-hybridized carbons (Fsp3) is 0.0526. The van der Waals surface area contributed by atoms with Crippen LogP contribution in [0.5, 0.6) is 0 Å². The molecule has 0 atom stereocenters. The number of benzene rings is 2. The van der Waals surface area contributed by atoms with Gasteiger partial charge in [0.25, 0.3) is 0 Å². The number of anilines is 1. The smallest absolute Gasteiger partial charge is 0.236 e. The molecule has 0 fully saturated rings. The van der Waals surface area contributed by atoms with Crippen molar-refractivity contribution in [1.82, 2.24) is 20.2 Å². The normalized spacial score (nSPS) is 10.8. The average molecular weight is 429 g/mol. The molecule has 0 aliphatic heterocycles. The van der Waals surface area contributed by atoms with E-state index >= 15 is 0 Å². The Morgan fingerprint density at radius 3 is 2.69 bits per heavy atom. The van der Waals surface area contributed by atoms with Crippen LogP contribution in [0.15, 0.2) is 59.1 Å². The van der Waals surface area contributed by atoms with Crippen LogP contribution < -0.4 is 5.32 Å². The van der Waals surface area contributed by atoms with Crippen molar-refractivity contribution in [2.24, 2.45) is 0 Å². The van der Waals surface area contributed by atoms with Gasteiger partial charge < -0.3 is 5.32 Å². The molecule has 6 nitrogen and oxygen atoms in total. The van der Waals surface area contributed by atoms with E-state index in [4.69, 9.17) is 0 Å². The van der Waals surface area contributed by atoms with Gasteiger partial charge in [0.15, 0.2) is 11.0 Å². The maximum Gasteiger partial charge on any atom is 0.236 e. The van der Waals surface area contributed by atoms with Gasteiger partial charge in [0, 0.05) is 10.9 Å². The number of H-pyrrole nitrogens is 1. The number of nitrogens with one attached hydrogen (secondary N) is 2. The summed E-state index contributed by atoms with van der Waals surface area (Å²) in [6.45, 7) is 0. The summed E-state index contributed by atoms with van der Waals surface area (Å²) < 4.78 is 26.8. The lowest BCUT2D eigenvalue weighted by molar-refractivity contribution is -0.113. The van der Waals surface area contributed by atoms with Crippen LogP contribution in [-0.4, -0.2) is 31.8 Å². The van der Waals surface area contributed by atoms with Crippen LogP contribution in [0.3, 0.4) is 0 Å². The number of rotatable bonds is 6. The van der Waals surface area contributed by atoms with Crippen LogP contribution in [0.4, 0.5) is 13.9 Å². The highest BCUT2D eigenvalue weighted by Crippen LogP contribution is 2.26. The second-order valence-corrected chi connectivity index (χ2v) is 7.63. The van der Waals surface area contributed by atoms with E-state index in [0.717, 1.165) is 17.3 Å². The zero-order valence-electron chi connectivity index (χ0n) is 14.7. The van der Waals surface area contributed by atoms with Gasteiger partial charge in [0.1, 0.15) is 11.6 Å². The minimum atomic E-state index is -0.404. The average Bonchev–Trinajstić information content (AvgIpc) is 3.37. The summed E-state index contributed by atoms with van der Waals surface area (Å²) >= 11 is 2.40. The molecular formula is C19H13F2N5OS2. The second-order valence-electron chi connectivity index (χ2n) is 5.83. The summed E-state index contributed by atoms with van der Waals surface area (Å²) in [5, 5.41) is 11.9. The predicted molar refractivity (Wildman–Crippen MR) is 109 cm³/mol. The van der Waals surface area contributed by atoms with E-state index in [-0.39, 0.29) is 17.5 Å². The van der Waals surface area contributed by atoms with E-state index in [1.165, 1.54) is 29.5 Å². The Morgan fingerprint density at radius 2 is 1.90 bits per heavy atom. The van der Waals surface area contributed by atoms with Gasteiger partial charge in [-0.1, -0.05) is 23.9 Å². The van der Waals surface area contributed by atoms with Gasteiger partial charge in [-0.25, -0.2) is 18.7 Å². The number of aromatic amines is 1. The molecule has 0 radical (unpaired) electrons. The number of aromatic nitrogens is 4. The Balaban J connectivity index is 1.34. The molecule has 1 amide bonds. The minimum absolute atomic E-state index is 0.0695. The zero-order valence-corrected chi connectivity index (χ0v) is 16.4. The number of hydrogen-bond donors (Lipinski definition) is 2. The molecule has 0 saturated carbocycles. The fourth-order valence-corrected chi connectivity index (χ4v) is 3.79. The molecule has 0 spiro atoms. The second kappa shape index (κ2) is 8.50. The number of thiazole rings is 1. The molecule has 2 aromatic heterocycles. The number of nitrogens with zero attached hydrogens (tertiary/aromatic N) is 3. The van der Waals surface area contributed by atoms with E-state index in [1.807, 2.05) is 0 Å². The largest absolute Gasteiger partial charge is 0.301 e. The van der Waals surface area contributed by atoms with Crippen molar-refractivity contribution in [3.8, 4) is 22.6 Å². The lowest BCUT2D eigenvalue weighted by Crippen LogP contribution is -2.13. The first-order valence-electron chi connectivity index (χ1n) is 8.40. The van der Waals surface area contributed by atoms with Crippen LogP contribution in [0.2, 0.25) is 0 Å². The number of carbonyl (C=O) groups is 1. The quantitative estimate of drug-likeness (QED) is 0.438. The topological polar surface area (TPSA) is 83.6 Å². The van der Waals surface area contributed by atoms with Crippen molar-refractivity contribution < 1.29 is 13.6 Å². The van der Waals surface area contributed by atoms with Crippen LogP contribution in [0, 0.1) is 11.6 Å². The van der Waals surface area contributed by atoms with Crippen molar-refractivity contribution in [2.45, 2.75) is 5.16 Å². The first-order chi connectivity index (χ1) is 14.1. The molecule has 2 heterocycles. The molecule has 0 aliphatic carbocycles. The molecule has 10 heteroatoms. The summed E-state index contributed by atoms with van der Waals surface area (Å²) in [4.78, 5) is 20.7. The Morgan fingerprint density at radius 1 is 1.10 bits per heavy atom. The SMILES string of the molecule is O=C(CSc1n[nH]c(-c2ccccc2F)n1)Nc1nc(-c2ccc(F)cc2)cs1. The Labute approximate surface area is 172 Å².